The fourth-order valence-electron chi connectivity index (χ4n) is 4.25. The minimum atomic E-state index is -0.206. The summed E-state index contributed by atoms with van der Waals surface area (Å²) in [4.78, 5) is 30.2. The molecule has 2 aromatic carbocycles. The van der Waals surface area contributed by atoms with Crippen LogP contribution in [0.3, 0.4) is 0 Å². The number of nitrogens with one attached hydrogen (secondary N) is 1. The zero-order valence-corrected chi connectivity index (χ0v) is 19.8. The maximum absolute atomic E-state index is 13.1. The van der Waals surface area contributed by atoms with E-state index in [9.17, 15) is 4.79 Å². The Morgan fingerprint density at radius 1 is 0.971 bits per heavy atom. The quantitative estimate of drug-likeness (QED) is 0.381. The maximum Gasteiger partial charge on any atom is 0.257 e. The summed E-state index contributed by atoms with van der Waals surface area (Å²) >= 11 is 1.52. The fraction of sp³-hybridized carbons (Fsp3) is 0.185. The minimum Gasteiger partial charge on any atom is -0.379 e. The second-order valence-corrected chi connectivity index (χ2v) is 9.47. The number of carbonyl (C=O) groups excluding carboxylic acids is 1. The number of pyridine rings is 2. The molecular formula is C27H23N5O2S. The molecule has 35 heavy (non-hydrogen) atoms. The number of nitrogens with zero attached hydrogens (tertiary/aromatic N) is 4. The number of thiazole rings is 1. The Balaban J connectivity index is 1.26. The van der Waals surface area contributed by atoms with Gasteiger partial charge in [-0.25, -0.2) is 9.97 Å². The summed E-state index contributed by atoms with van der Waals surface area (Å²) in [5, 5.41) is 4.80. The lowest BCUT2D eigenvalue weighted by Crippen LogP contribution is -2.35. The van der Waals surface area contributed by atoms with Crippen LogP contribution >= 0.6 is 11.3 Å². The first-order chi connectivity index (χ1) is 17.2. The van der Waals surface area contributed by atoms with Gasteiger partial charge >= 0.3 is 0 Å². The monoisotopic (exact) mass is 481 g/mol. The molecule has 1 saturated heterocycles. The molecule has 1 aliphatic heterocycles. The molecule has 1 amide bonds. The number of benzene rings is 2. The predicted molar refractivity (Wildman–Crippen MR) is 139 cm³/mol. The van der Waals surface area contributed by atoms with Crippen molar-refractivity contribution in [3.8, 4) is 10.6 Å². The van der Waals surface area contributed by atoms with Crippen LogP contribution in [0.25, 0.3) is 31.8 Å². The summed E-state index contributed by atoms with van der Waals surface area (Å²) in [6.45, 7) is 4.24. The van der Waals surface area contributed by atoms with Crippen molar-refractivity contribution in [2.75, 3.05) is 31.6 Å². The van der Waals surface area contributed by atoms with Crippen molar-refractivity contribution >= 4 is 44.2 Å². The number of anilines is 1. The highest BCUT2D eigenvalue weighted by Crippen LogP contribution is 2.34. The molecule has 4 heterocycles. The fourth-order valence-corrected chi connectivity index (χ4v) is 5.18. The van der Waals surface area contributed by atoms with Crippen LogP contribution in [0.4, 0.5) is 5.69 Å². The van der Waals surface area contributed by atoms with Gasteiger partial charge in [0.05, 0.1) is 30.0 Å². The van der Waals surface area contributed by atoms with Crippen molar-refractivity contribution < 1.29 is 9.53 Å². The van der Waals surface area contributed by atoms with Crippen molar-refractivity contribution in [2.24, 2.45) is 0 Å². The highest BCUT2D eigenvalue weighted by Gasteiger charge is 2.16. The lowest BCUT2D eigenvalue weighted by molar-refractivity contribution is 0.0341. The van der Waals surface area contributed by atoms with Gasteiger partial charge in [-0.3, -0.25) is 14.7 Å². The number of amides is 1. The van der Waals surface area contributed by atoms with Gasteiger partial charge in [-0.1, -0.05) is 41.7 Å². The van der Waals surface area contributed by atoms with Gasteiger partial charge in [0.15, 0.2) is 0 Å². The number of hydrogen-bond acceptors (Lipinski definition) is 7. The van der Waals surface area contributed by atoms with E-state index in [-0.39, 0.29) is 5.91 Å². The van der Waals surface area contributed by atoms with Gasteiger partial charge in [0.1, 0.15) is 15.4 Å². The molecule has 0 bridgehead atoms. The van der Waals surface area contributed by atoms with Crippen molar-refractivity contribution in [1.82, 2.24) is 19.9 Å². The number of carbonyl (C=O) groups is 1. The third-order valence-electron chi connectivity index (χ3n) is 6.07. The Morgan fingerprint density at radius 3 is 2.71 bits per heavy atom. The molecule has 174 valence electrons. The van der Waals surface area contributed by atoms with Crippen LogP contribution in [0.15, 0.2) is 73.1 Å². The van der Waals surface area contributed by atoms with Crippen LogP contribution in [-0.4, -0.2) is 52.1 Å². The summed E-state index contributed by atoms with van der Waals surface area (Å²) in [5.41, 5.74) is 4.96. The predicted octanol–water partition coefficient (Wildman–Crippen LogP) is 4.99. The van der Waals surface area contributed by atoms with Crippen molar-refractivity contribution in [3.05, 3.63) is 84.2 Å². The minimum absolute atomic E-state index is 0.206. The third kappa shape index (κ3) is 4.64. The zero-order chi connectivity index (χ0) is 23.6. The number of hydrogen-bond donors (Lipinski definition) is 1. The Bertz CT molecular complexity index is 1530. The molecule has 8 heteroatoms. The standard InChI is InChI=1S/C27H23N5O2S/c33-25(20-14-19-5-1-3-7-22(19)28-16-20)30-23-8-4-2-6-21(23)26-31-24-13-18(15-29-27(24)35-26)17-32-9-11-34-12-10-32/h1-8,13-16H,9-12,17H2,(H,30,33). The number of ether oxygens (including phenoxy) is 1. The highest BCUT2D eigenvalue weighted by molar-refractivity contribution is 7.21. The molecule has 0 radical (unpaired) electrons. The topological polar surface area (TPSA) is 80.2 Å². The SMILES string of the molecule is O=C(Nc1ccccc1-c1nc2cc(CN3CCOCC3)cnc2s1)c1cnc2ccccc2c1. The van der Waals surface area contributed by atoms with Gasteiger partial charge in [0, 0.05) is 43.0 Å². The third-order valence-corrected chi connectivity index (χ3v) is 7.08. The molecule has 0 atom stereocenters. The molecule has 6 rings (SSSR count). The second-order valence-electron chi connectivity index (χ2n) is 8.49. The van der Waals surface area contributed by atoms with Gasteiger partial charge < -0.3 is 10.1 Å². The second kappa shape index (κ2) is 9.50. The summed E-state index contributed by atoms with van der Waals surface area (Å²) in [6, 6.07) is 19.5. The van der Waals surface area contributed by atoms with Crippen molar-refractivity contribution in [3.63, 3.8) is 0 Å². The largest absolute Gasteiger partial charge is 0.379 e. The van der Waals surface area contributed by atoms with Gasteiger partial charge in [-0.2, -0.15) is 0 Å². The van der Waals surface area contributed by atoms with Crippen LogP contribution in [-0.2, 0) is 11.3 Å². The molecule has 1 N–H and O–H groups in total. The first kappa shape index (κ1) is 21.8. The number of aromatic nitrogens is 3. The summed E-state index contributed by atoms with van der Waals surface area (Å²) in [5.74, 6) is -0.206. The molecule has 3 aromatic heterocycles. The lowest BCUT2D eigenvalue weighted by Gasteiger charge is -2.26. The van der Waals surface area contributed by atoms with Gasteiger partial charge in [0.25, 0.3) is 5.91 Å². The van der Waals surface area contributed by atoms with Crippen LogP contribution in [0.5, 0.6) is 0 Å². The average Bonchev–Trinajstić information content (AvgIpc) is 3.32. The van der Waals surface area contributed by atoms with E-state index >= 15 is 0 Å². The maximum atomic E-state index is 13.1. The van der Waals surface area contributed by atoms with E-state index in [1.54, 1.807) is 6.20 Å². The Hall–Kier alpha value is -3.72. The first-order valence-corrected chi connectivity index (χ1v) is 12.4. The molecule has 5 aromatic rings. The van der Waals surface area contributed by atoms with E-state index in [1.807, 2.05) is 60.8 Å². The number of rotatable bonds is 5. The van der Waals surface area contributed by atoms with Crippen LogP contribution < -0.4 is 5.32 Å². The summed E-state index contributed by atoms with van der Waals surface area (Å²) in [6.07, 6.45) is 3.54. The van der Waals surface area contributed by atoms with Gasteiger partial charge in [0.2, 0.25) is 0 Å². The van der Waals surface area contributed by atoms with E-state index in [4.69, 9.17) is 9.72 Å². The molecule has 1 fully saturated rings. The molecule has 0 aliphatic carbocycles. The number of para-hydroxylation sites is 2. The van der Waals surface area contributed by atoms with Crippen LogP contribution in [0.2, 0.25) is 0 Å². The van der Waals surface area contributed by atoms with E-state index in [0.29, 0.717) is 11.3 Å². The van der Waals surface area contributed by atoms with Gasteiger partial charge in [-0.05, 0) is 35.9 Å². The van der Waals surface area contributed by atoms with E-state index < -0.39 is 0 Å². The van der Waals surface area contributed by atoms with E-state index in [2.05, 4.69) is 26.3 Å². The number of fused-ring (bicyclic) bond motifs is 2. The Morgan fingerprint density at radius 2 is 1.80 bits per heavy atom. The molecule has 1 aliphatic rings. The first-order valence-electron chi connectivity index (χ1n) is 11.5. The van der Waals surface area contributed by atoms with Crippen molar-refractivity contribution in [2.45, 2.75) is 6.54 Å². The number of morpholine rings is 1. The smallest absolute Gasteiger partial charge is 0.257 e. The average molecular weight is 482 g/mol. The van der Waals surface area contributed by atoms with E-state index in [1.165, 1.54) is 11.3 Å². The summed E-state index contributed by atoms with van der Waals surface area (Å²) < 4.78 is 5.44. The molecule has 0 spiro atoms. The molecular weight excluding hydrogens is 458 g/mol. The Labute approximate surface area is 206 Å². The molecule has 7 nitrogen and oxygen atoms in total. The zero-order valence-electron chi connectivity index (χ0n) is 19.0. The van der Waals surface area contributed by atoms with Crippen LogP contribution in [0.1, 0.15) is 15.9 Å². The van der Waals surface area contributed by atoms with Gasteiger partial charge in [-0.15, -0.1) is 0 Å². The van der Waals surface area contributed by atoms with E-state index in [0.717, 1.165) is 70.2 Å². The summed E-state index contributed by atoms with van der Waals surface area (Å²) in [7, 11) is 0. The highest BCUT2D eigenvalue weighted by atomic mass is 32.1. The normalized spacial score (nSPS) is 14.4. The Kier molecular flexibility index (Phi) is 5.91. The van der Waals surface area contributed by atoms with Crippen LogP contribution in [0, 0.1) is 0 Å². The lowest BCUT2D eigenvalue weighted by atomic mass is 10.1. The van der Waals surface area contributed by atoms with Crippen molar-refractivity contribution in [1.29, 1.82) is 0 Å². The molecule has 0 unspecified atom stereocenters. The molecule has 0 saturated carbocycles.